The highest BCUT2D eigenvalue weighted by Gasteiger charge is 2.15. The molecule has 0 fully saturated rings. The Morgan fingerprint density at radius 3 is 2.74 bits per heavy atom. The van der Waals surface area contributed by atoms with Gasteiger partial charge in [-0.05, 0) is 25.5 Å². The highest BCUT2D eigenvalue weighted by atomic mass is 35.5. The topological polar surface area (TPSA) is 50.2 Å². The molecule has 1 aromatic heterocycles. The maximum atomic E-state index is 10.8. The second kappa shape index (κ2) is 5.55. The third kappa shape index (κ3) is 3.03. The normalized spacial score (nSPS) is 11.6. The summed E-state index contributed by atoms with van der Waals surface area (Å²) < 4.78 is 0. The van der Waals surface area contributed by atoms with Crippen LogP contribution >= 0.6 is 22.9 Å². The Labute approximate surface area is 120 Å². The van der Waals surface area contributed by atoms with Crippen LogP contribution in [0.25, 0.3) is 16.8 Å². The van der Waals surface area contributed by atoms with Crippen molar-refractivity contribution in [3.05, 3.63) is 45.2 Å². The number of carboxylic acids is 1. The minimum Gasteiger partial charge on any atom is -0.478 e. The lowest BCUT2D eigenvalue weighted by molar-refractivity contribution is -0.131. The molecule has 5 heteroatoms. The highest BCUT2D eigenvalue weighted by Crippen LogP contribution is 2.36. The zero-order chi connectivity index (χ0) is 14.0. The monoisotopic (exact) mass is 293 g/mol. The van der Waals surface area contributed by atoms with Gasteiger partial charge in [0.05, 0.1) is 20.6 Å². The molecular weight excluding hydrogens is 282 g/mol. The number of hydrogen-bond acceptors (Lipinski definition) is 3. The minimum atomic E-state index is -0.964. The number of benzene rings is 1. The number of hydrogen-bond donors (Lipinski definition) is 1. The van der Waals surface area contributed by atoms with Crippen molar-refractivity contribution >= 4 is 34.5 Å². The predicted molar refractivity (Wildman–Crippen MR) is 78.6 cm³/mol. The summed E-state index contributed by atoms with van der Waals surface area (Å²) in [4.78, 5) is 16.1. The van der Waals surface area contributed by atoms with E-state index in [0.717, 1.165) is 21.1 Å². The molecule has 2 rings (SSSR count). The van der Waals surface area contributed by atoms with Crippen LogP contribution in [-0.4, -0.2) is 16.1 Å². The summed E-state index contributed by atoms with van der Waals surface area (Å²) in [6.07, 6.45) is 1.19. The molecule has 98 valence electrons. The molecule has 0 aliphatic carbocycles. The lowest BCUT2D eigenvalue weighted by Crippen LogP contribution is -1.90. The van der Waals surface area contributed by atoms with Gasteiger partial charge in [0, 0.05) is 11.6 Å². The number of allylic oxidation sites excluding steroid dienone is 1. The lowest BCUT2D eigenvalue weighted by atomic mass is 10.1. The molecule has 0 bridgehead atoms. The van der Waals surface area contributed by atoms with Crippen molar-refractivity contribution in [1.82, 2.24) is 4.98 Å². The molecule has 0 saturated heterocycles. The van der Waals surface area contributed by atoms with Crippen molar-refractivity contribution < 1.29 is 9.90 Å². The molecule has 0 spiro atoms. The predicted octanol–water partition coefficient (Wildman–Crippen LogP) is 4.26. The fraction of sp³-hybridized carbons (Fsp3) is 0.143. The van der Waals surface area contributed by atoms with Crippen molar-refractivity contribution in [3.8, 4) is 11.3 Å². The second-order valence-corrected chi connectivity index (χ2v) is 5.67. The maximum Gasteiger partial charge on any atom is 0.328 e. The Balaban J connectivity index is 2.60. The Bertz CT molecular complexity index is 661. The van der Waals surface area contributed by atoms with Gasteiger partial charge in [0.25, 0.3) is 0 Å². The summed E-state index contributed by atoms with van der Waals surface area (Å²) in [7, 11) is 0. The molecule has 3 nitrogen and oxygen atoms in total. The van der Waals surface area contributed by atoms with E-state index in [1.165, 1.54) is 17.4 Å². The summed E-state index contributed by atoms with van der Waals surface area (Å²) in [5.74, 6) is -0.964. The maximum absolute atomic E-state index is 10.8. The van der Waals surface area contributed by atoms with Crippen LogP contribution in [0.2, 0.25) is 5.02 Å². The molecule has 19 heavy (non-hydrogen) atoms. The van der Waals surface area contributed by atoms with E-state index in [1.807, 2.05) is 25.1 Å². The zero-order valence-electron chi connectivity index (χ0n) is 10.5. The number of carboxylic acid groups (broad SMARTS) is 1. The van der Waals surface area contributed by atoms with E-state index in [4.69, 9.17) is 16.7 Å². The van der Waals surface area contributed by atoms with Crippen LogP contribution in [0.15, 0.2) is 30.3 Å². The second-order valence-electron chi connectivity index (χ2n) is 4.06. The molecule has 1 heterocycles. The van der Waals surface area contributed by atoms with Crippen LogP contribution in [0.3, 0.4) is 0 Å². The van der Waals surface area contributed by atoms with E-state index in [0.29, 0.717) is 10.6 Å². The standard InChI is InChI=1S/C14H12ClNO2S/c1-8(7-12(17)18)14-13(16-9(2)19-14)10-5-3-4-6-11(10)15/h3-7H,1-2H3,(H,17,18)/b8-7+. The van der Waals surface area contributed by atoms with Gasteiger partial charge in [0.15, 0.2) is 0 Å². The van der Waals surface area contributed by atoms with Crippen LogP contribution in [0, 0.1) is 6.92 Å². The molecule has 1 aromatic carbocycles. The number of aliphatic carboxylic acids is 1. The van der Waals surface area contributed by atoms with E-state index in [1.54, 1.807) is 13.0 Å². The third-order valence-electron chi connectivity index (χ3n) is 2.56. The summed E-state index contributed by atoms with van der Waals surface area (Å²) in [5, 5.41) is 10.3. The highest BCUT2D eigenvalue weighted by molar-refractivity contribution is 7.13. The molecule has 0 amide bonds. The molecule has 0 aliphatic heterocycles. The molecule has 0 unspecified atom stereocenters. The van der Waals surface area contributed by atoms with Gasteiger partial charge in [0.2, 0.25) is 0 Å². The molecule has 0 saturated carbocycles. The number of thiazole rings is 1. The van der Waals surface area contributed by atoms with Crippen molar-refractivity contribution in [2.45, 2.75) is 13.8 Å². The van der Waals surface area contributed by atoms with Gasteiger partial charge >= 0.3 is 5.97 Å². The van der Waals surface area contributed by atoms with Gasteiger partial charge < -0.3 is 5.11 Å². The number of aromatic nitrogens is 1. The average molecular weight is 294 g/mol. The summed E-state index contributed by atoms with van der Waals surface area (Å²) in [5.41, 5.74) is 2.23. The first kappa shape index (κ1) is 13.8. The first-order chi connectivity index (χ1) is 8.99. The number of rotatable bonds is 3. The number of carbonyl (C=O) groups is 1. The molecule has 2 aromatic rings. The largest absolute Gasteiger partial charge is 0.478 e. The first-order valence-electron chi connectivity index (χ1n) is 5.63. The Kier molecular flexibility index (Phi) is 4.02. The van der Waals surface area contributed by atoms with E-state index in [2.05, 4.69) is 4.98 Å². The Morgan fingerprint density at radius 2 is 2.11 bits per heavy atom. The van der Waals surface area contributed by atoms with E-state index >= 15 is 0 Å². The minimum absolute atomic E-state index is 0.608. The van der Waals surface area contributed by atoms with Crippen molar-refractivity contribution in [2.75, 3.05) is 0 Å². The van der Waals surface area contributed by atoms with Gasteiger partial charge in [-0.3, -0.25) is 0 Å². The quantitative estimate of drug-likeness (QED) is 0.860. The van der Waals surface area contributed by atoms with Crippen molar-refractivity contribution in [1.29, 1.82) is 0 Å². The number of halogens is 1. The summed E-state index contributed by atoms with van der Waals surface area (Å²) in [6, 6.07) is 7.42. The van der Waals surface area contributed by atoms with Gasteiger partial charge in [0.1, 0.15) is 0 Å². The first-order valence-corrected chi connectivity index (χ1v) is 6.82. The number of nitrogens with zero attached hydrogens (tertiary/aromatic N) is 1. The van der Waals surface area contributed by atoms with Gasteiger partial charge in [-0.15, -0.1) is 11.3 Å². The third-order valence-corrected chi connectivity index (χ3v) is 4.00. The smallest absolute Gasteiger partial charge is 0.328 e. The van der Waals surface area contributed by atoms with E-state index in [9.17, 15) is 4.79 Å². The molecule has 0 aliphatic rings. The summed E-state index contributed by atoms with van der Waals surface area (Å²) in [6.45, 7) is 3.66. The van der Waals surface area contributed by atoms with Crippen LogP contribution in [-0.2, 0) is 4.79 Å². The van der Waals surface area contributed by atoms with Gasteiger partial charge in [-0.2, -0.15) is 0 Å². The average Bonchev–Trinajstić information content (AvgIpc) is 2.71. The van der Waals surface area contributed by atoms with Crippen LogP contribution in [0.5, 0.6) is 0 Å². The summed E-state index contributed by atoms with van der Waals surface area (Å²) >= 11 is 7.65. The van der Waals surface area contributed by atoms with E-state index in [-0.39, 0.29) is 0 Å². The van der Waals surface area contributed by atoms with Gasteiger partial charge in [-0.25, -0.2) is 9.78 Å². The van der Waals surface area contributed by atoms with Crippen molar-refractivity contribution in [3.63, 3.8) is 0 Å². The fourth-order valence-electron chi connectivity index (χ4n) is 1.78. The van der Waals surface area contributed by atoms with Crippen LogP contribution < -0.4 is 0 Å². The Morgan fingerprint density at radius 1 is 1.42 bits per heavy atom. The van der Waals surface area contributed by atoms with Crippen LogP contribution in [0.4, 0.5) is 0 Å². The van der Waals surface area contributed by atoms with E-state index < -0.39 is 5.97 Å². The van der Waals surface area contributed by atoms with Gasteiger partial charge in [-0.1, -0.05) is 29.8 Å². The lowest BCUT2D eigenvalue weighted by Gasteiger charge is -2.04. The van der Waals surface area contributed by atoms with Crippen LogP contribution in [0.1, 0.15) is 16.8 Å². The Hall–Kier alpha value is -1.65. The molecule has 0 radical (unpaired) electrons. The van der Waals surface area contributed by atoms with Crippen molar-refractivity contribution in [2.24, 2.45) is 0 Å². The molecule has 1 N–H and O–H groups in total. The number of aryl methyl sites for hydroxylation is 1. The zero-order valence-corrected chi connectivity index (χ0v) is 12.0. The molecule has 0 atom stereocenters. The molecular formula is C14H12ClNO2S. The SMILES string of the molecule is C/C(=C\C(=O)O)c1sc(C)nc1-c1ccccc1Cl. The fourth-order valence-corrected chi connectivity index (χ4v) is 2.91.